The van der Waals surface area contributed by atoms with Crippen LogP contribution in [0.5, 0.6) is 5.75 Å². The fourth-order valence-electron chi connectivity index (χ4n) is 2.33. The first-order valence-corrected chi connectivity index (χ1v) is 6.25. The number of hydrogen-bond donors (Lipinski definition) is 1. The number of nitrogens with one attached hydrogen (secondary N) is 1. The molecule has 0 aliphatic carbocycles. The summed E-state index contributed by atoms with van der Waals surface area (Å²) in [5.41, 5.74) is 1.29. The number of ether oxygens (including phenoxy) is 1. The summed E-state index contributed by atoms with van der Waals surface area (Å²) in [4.78, 5) is 0. The van der Waals surface area contributed by atoms with Gasteiger partial charge in [0, 0.05) is 23.9 Å². The fraction of sp³-hybridized carbons (Fsp3) is 0.467. The van der Waals surface area contributed by atoms with Crippen molar-refractivity contribution in [3.8, 4) is 18.1 Å². The third-order valence-electron chi connectivity index (χ3n) is 3.22. The number of terminal acetylenes is 1. The first kappa shape index (κ1) is 12.0. The van der Waals surface area contributed by atoms with Crippen LogP contribution in [0.3, 0.4) is 0 Å². The number of benzene rings is 1. The Labute approximate surface area is 103 Å². The molecule has 1 aliphatic rings. The van der Waals surface area contributed by atoms with E-state index in [9.17, 15) is 0 Å². The first-order valence-electron chi connectivity index (χ1n) is 6.25. The van der Waals surface area contributed by atoms with Gasteiger partial charge in [0.15, 0.2) is 0 Å². The van der Waals surface area contributed by atoms with Gasteiger partial charge in [0.25, 0.3) is 0 Å². The Morgan fingerprint density at radius 3 is 3.12 bits per heavy atom. The van der Waals surface area contributed by atoms with Gasteiger partial charge >= 0.3 is 0 Å². The molecule has 2 rings (SSSR count). The number of para-hydroxylation sites is 1. The molecule has 0 aromatic heterocycles. The molecule has 1 aromatic carbocycles. The maximum Gasteiger partial charge on any atom is 0.122 e. The Morgan fingerprint density at radius 1 is 1.53 bits per heavy atom. The maximum absolute atomic E-state index is 5.71. The highest BCUT2D eigenvalue weighted by Gasteiger charge is 2.30. The molecule has 0 fully saturated rings. The molecule has 0 radical (unpaired) electrons. The minimum Gasteiger partial charge on any atom is -0.493 e. The molecule has 0 saturated heterocycles. The van der Waals surface area contributed by atoms with Crippen molar-refractivity contribution in [2.24, 2.45) is 0 Å². The molecule has 90 valence electrons. The van der Waals surface area contributed by atoms with Crippen molar-refractivity contribution in [1.82, 2.24) is 5.32 Å². The number of rotatable bonds is 5. The highest BCUT2D eigenvalue weighted by Crippen LogP contribution is 2.36. The van der Waals surface area contributed by atoms with E-state index in [1.807, 2.05) is 12.1 Å². The monoisotopic (exact) mass is 229 g/mol. The van der Waals surface area contributed by atoms with E-state index >= 15 is 0 Å². The zero-order chi connectivity index (χ0) is 12.1. The summed E-state index contributed by atoms with van der Waals surface area (Å²) in [6, 6.07) is 8.57. The zero-order valence-corrected chi connectivity index (χ0v) is 10.3. The molecular weight excluding hydrogens is 210 g/mol. The van der Waals surface area contributed by atoms with E-state index in [2.05, 4.69) is 30.3 Å². The van der Waals surface area contributed by atoms with E-state index in [1.54, 1.807) is 0 Å². The predicted molar refractivity (Wildman–Crippen MR) is 70.2 cm³/mol. The molecule has 17 heavy (non-hydrogen) atoms. The van der Waals surface area contributed by atoms with Gasteiger partial charge in [0.1, 0.15) is 5.75 Å². The van der Waals surface area contributed by atoms with Gasteiger partial charge in [0.05, 0.1) is 6.61 Å². The van der Waals surface area contributed by atoms with Gasteiger partial charge in [-0.25, -0.2) is 0 Å². The third kappa shape index (κ3) is 2.62. The van der Waals surface area contributed by atoms with Crippen LogP contribution in [-0.4, -0.2) is 19.2 Å². The summed E-state index contributed by atoms with van der Waals surface area (Å²) >= 11 is 0. The second-order valence-electron chi connectivity index (χ2n) is 4.42. The smallest absolute Gasteiger partial charge is 0.122 e. The average Bonchev–Trinajstić information content (AvgIpc) is 2.78. The lowest BCUT2D eigenvalue weighted by molar-refractivity contribution is 0.299. The van der Waals surface area contributed by atoms with Crippen LogP contribution in [0.4, 0.5) is 0 Å². The molecule has 0 bridgehead atoms. The van der Waals surface area contributed by atoms with Crippen molar-refractivity contribution < 1.29 is 4.74 Å². The van der Waals surface area contributed by atoms with Crippen molar-refractivity contribution in [3.05, 3.63) is 29.8 Å². The summed E-state index contributed by atoms with van der Waals surface area (Å²) in [5, 5.41) is 3.53. The molecule has 0 saturated carbocycles. The summed E-state index contributed by atoms with van der Waals surface area (Å²) in [6.45, 7) is 3.91. The summed E-state index contributed by atoms with van der Waals surface area (Å²) in [7, 11) is 0. The Balaban J connectivity index is 2.13. The van der Waals surface area contributed by atoms with Crippen molar-refractivity contribution in [3.63, 3.8) is 0 Å². The number of fused-ring (bicyclic) bond motifs is 1. The van der Waals surface area contributed by atoms with E-state index < -0.39 is 0 Å². The van der Waals surface area contributed by atoms with Gasteiger partial charge in [-0.2, -0.15) is 0 Å². The van der Waals surface area contributed by atoms with E-state index in [0.717, 1.165) is 31.7 Å². The lowest BCUT2D eigenvalue weighted by Crippen LogP contribution is -2.36. The maximum atomic E-state index is 5.71. The fourth-order valence-corrected chi connectivity index (χ4v) is 2.33. The summed E-state index contributed by atoms with van der Waals surface area (Å²) in [5.74, 6) is 4.16. The second kappa shape index (κ2) is 5.75. The van der Waals surface area contributed by atoms with Crippen molar-refractivity contribution >= 4 is 0 Å². The Bertz CT molecular complexity index is 408. The van der Waals surface area contributed by atoms with Gasteiger partial charge < -0.3 is 10.1 Å². The SMILES string of the molecule is C#CCC(NCCC)C1COc2ccccc21. The molecule has 1 aliphatic heterocycles. The molecule has 2 atom stereocenters. The van der Waals surface area contributed by atoms with E-state index in [1.165, 1.54) is 5.56 Å². The molecule has 1 aromatic rings. The molecule has 0 spiro atoms. The standard InChI is InChI=1S/C15H19NO/c1-3-7-14(16-10-4-2)13-11-17-15-9-6-5-8-12(13)15/h1,5-6,8-9,13-14,16H,4,7,10-11H2,2H3. The van der Waals surface area contributed by atoms with Crippen molar-refractivity contribution in [1.29, 1.82) is 0 Å². The molecule has 0 amide bonds. The van der Waals surface area contributed by atoms with Gasteiger partial charge in [-0.05, 0) is 19.0 Å². The van der Waals surface area contributed by atoms with Crippen LogP contribution >= 0.6 is 0 Å². The van der Waals surface area contributed by atoms with Crippen LogP contribution in [0.1, 0.15) is 31.2 Å². The molecule has 2 heteroatoms. The van der Waals surface area contributed by atoms with Crippen molar-refractivity contribution in [2.45, 2.75) is 31.7 Å². The minimum absolute atomic E-state index is 0.323. The van der Waals surface area contributed by atoms with Gasteiger partial charge in [-0.3, -0.25) is 0 Å². The van der Waals surface area contributed by atoms with E-state index in [4.69, 9.17) is 11.2 Å². The molecule has 2 unspecified atom stereocenters. The molecule has 1 N–H and O–H groups in total. The van der Waals surface area contributed by atoms with Crippen LogP contribution in [0.25, 0.3) is 0 Å². The Morgan fingerprint density at radius 2 is 2.35 bits per heavy atom. The van der Waals surface area contributed by atoms with Crippen LogP contribution in [0, 0.1) is 12.3 Å². The van der Waals surface area contributed by atoms with Crippen molar-refractivity contribution in [2.75, 3.05) is 13.2 Å². The highest BCUT2D eigenvalue weighted by molar-refractivity contribution is 5.40. The lowest BCUT2D eigenvalue weighted by atomic mass is 9.91. The van der Waals surface area contributed by atoms with Gasteiger partial charge in [-0.1, -0.05) is 25.1 Å². The molecule has 2 nitrogen and oxygen atoms in total. The molecular formula is C15H19NO. The van der Waals surface area contributed by atoms with Crippen LogP contribution in [0.2, 0.25) is 0 Å². The summed E-state index contributed by atoms with van der Waals surface area (Å²) in [6.07, 6.45) is 7.33. The first-order chi connectivity index (χ1) is 8.36. The van der Waals surface area contributed by atoms with E-state index in [0.29, 0.717) is 12.0 Å². The third-order valence-corrected chi connectivity index (χ3v) is 3.22. The lowest BCUT2D eigenvalue weighted by Gasteiger charge is -2.22. The largest absolute Gasteiger partial charge is 0.493 e. The molecule has 1 heterocycles. The zero-order valence-electron chi connectivity index (χ0n) is 10.3. The number of hydrogen-bond acceptors (Lipinski definition) is 2. The Hall–Kier alpha value is -1.46. The minimum atomic E-state index is 0.323. The van der Waals surface area contributed by atoms with Crippen LogP contribution in [0.15, 0.2) is 24.3 Å². The van der Waals surface area contributed by atoms with Gasteiger partial charge in [-0.15, -0.1) is 12.3 Å². The topological polar surface area (TPSA) is 21.3 Å². The summed E-state index contributed by atoms with van der Waals surface area (Å²) < 4.78 is 5.71. The normalized spacial score (nSPS) is 19.2. The average molecular weight is 229 g/mol. The highest BCUT2D eigenvalue weighted by atomic mass is 16.5. The van der Waals surface area contributed by atoms with Crippen LogP contribution in [-0.2, 0) is 0 Å². The Kier molecular flexibility index (Phi) is 4.06. The predicted octanol–water partition coefficient (Wildman–Crippen LogP) is 2.55. The quantitative estimate of drug-likeness (QED) is 0.783. The van der Waals surface area contributed by atoms with Gasteiger partial charge in [0.2, 0.25) is 0 Å². The second-order valence-corrected chi connectivity index (χ2v) is 4.42. The van der Waals surface area contributed by atoms with Crippen LogP contribution < -0.4 is 10.1 Å². The van der Waals surface area contributed by atoms with E-state index in [-0.39, 0.29) is 0 Å².